The predicted octanol–water partition coefficient (Wildman–Crippen LogP) is 3.74. The van der Waals surface area contributed by atoms with Crippen molar-refractivity contribution < 1.29 is 4.74 Å². The molecule has 110 valence electrons. The summed E-state index contributed by atoms with van der Waals surface area (Å²) in [6.45, 7) is 5.16. The Morgan fingerprint density at radius 1 is 1.10 bits per heavy atom. The molecule has 0 amide bonds. The van der Waals surface area contributed by atoms with E-state index in [0.717, 1.165) is 25.2 Å². The Hall–Kier alpha value is -1.80. The average Bonchev–Trinajstić information content (AvgIpc) is 2.95. The molecule has 2 heteroatoms. The van der Waals surface area contributed by atoms with E-state index in [-0.39, 0.29) is 0 Å². The van der Waals surface area contributed by atoms with E-state index in [9.17, 15) is 0 Å². The van der Waals surface area contributed by atoms with Crippen molar-refractivity contribution >= 4 is 0 Å². The summed E-state index contributed by atoms with van der Waals surface area (Å²) in [5.41, 5.74) is 6.79. The first kappa shape index (κ1) is 14.2. The number of benzene rings is 2. The molecule has 0 aliphatic carbocycles. The zero-order valence-corrected chi connectivity index (χ0v) is 13.1. The quantitative estimate of drug-likeness (QED) is 0.921. The highest BCUT2D eigenvalue weighted by molar-refractivity contribution is 5.41. The lowest BCUT2D eigenvalue weighted by Crippen LogP contribution is -2.19. The molecule has 0 saturated carbocycles. The molecule has 0 aromatic heterocycles. The first-order valence-electron chi connectivity index (χ1n) is 7.66. The van der Waals surface area contributed by atoms with Gasteiger partial charge in [-0.1, -0.05) is 30.3 Å². The Morgan fingerprint density at radius 3 is 2.71 bits per heavy atom. The molecule has 1 aliphatic heterocycles. The normalized spacial score (nSPS) is 14.6. The number of nitrogens with one attached hydrogen (secondary N) is 1. The summed E-state index contributed by atoms with van der Waals surface area (Å²) < 4.78 is 5.59. The van der Waals surface area contributed by atoms with Gasteiger partial charge in [-0.25, -0.2) is 0 Å². The first-order valence-corrected chi connectivity index (χ1v) is 7.66. The fraction of sp³-hybridized carbons (Fsp3) is 0.368. The molecule has 1 atom stereocenters. The minimum atomic E-state index is 0.345. The van der Waals surface area contributed by atoms with E-state index in [2.05, 4.69) is 55.6 Å². The van der Waals surface area contributed by atoms with Crippen LogP contribution in [0.5, 0.6) is 5.75 Å². The molecule has 1 N–H and O–H groups in total. The molecule has 0 spiro atoms. The topological polar surface area (TPSA) is 21.3 Å². The van der Waals surface area contributed by atoms with Gasteiger partial charge in [-0.15, -0.1) is 0 Å². The van der Waals surface area contributed by atoms with Crippen LogP contribution in [0.1, 0.15) is 33.9 Å². The van der Waals surface area contributed by atoms with Crippen molar-refractivity contribution in [2.45, 2.75) is 32.7 Å². The van der Waals surface area contributed by atoms with Gasteiger partial charge in [0, 0.05) is 12.5 Å². The van der Waals surface area contributed by atoms with E-state index >= 15 is 0 Å². The molecule has 2 nitrogen and oxygen atoms in total. The Kier molecular flexibility index (Phi) is 3.98. The summed E-state index contributed by atoms with van der Waals surface area (Å²) in [4.78, 5) is 0. The summed E-state index contributed by atoms with van der Waals surface area (Å²) >= 11 is 0. The molecule has 2 aromatic rings. The van der Waals surface area contributed by atoms with Crippen molar-refractivity contribution in [2.75, 3.05) is 13.7 Å². The van der Waals surface area contributed by atoms with Gasteiger partial charge in [0.25, 0.3) is 0 Å². The van der Waals surface area contributed by atoms with E-state index in [1.54, 1.807) is 0 Å². The SMILES string of the molecule is CNC(Cc1ccc(C)c(C)c1)c1ccc2c(c1)CCO2. The largest absolute Gasteiger partial charge is 0.493 e. The molecule has 21 heavy (non-hydrogen) atoms. The smallest absolute Gasteiger partial charge is 0.122 e. The molecule has 0 radical (unpaired) electrons. The molecular formula is C19H23NO. The van der Waals surface area contributed by atoms with Crippen molar-refractivity contribution in [1.29, 1.82) is 0 Å². The standard InChI is InChI=1S/C19H23NO/c1-13-4-5-15(10-14(13)2)11-18(20-3)16-6-7-19-17(12-16)8-9-21-19/h4-7,10,12,18,20H,8-9,11H2,1-3H3. The number of fused-ring (bicyclic) bond motifs is 1. The van der Waals surface area contributed by atoms with Gasteiger partial charge in [0.1, 0.15) is 5.75 Å². The minimum absolute atomic E-state index is 0.345. The summed E-state index contributed by atoms with van der Waals surface area (Å²) in [6, 6.07) is 13.7. The second-order valence-corrected chi connectivity index (χ2v) is 5.93. The summed E-state index contributed by atoms with van der Waals surface area (Å²) in [6.07, 6.45) is 2.04. The van der Waals surface area contributed by atoms with Crippen molar-refractivity contribution in [3.05, 3.63) is 64.2 Å². The number of hydrogen-bond donors (Lipinski definition) is 1. The Morgan fingerprint density at radius 2 is 1.95 bits per heavy atom. The number of hydrogen-bond acceptors (Lipinski definition) is 2. The van der Waals surface area contributed by atoms with Crippen LogP contribution in [-0.4, -0.2) is 13.7 Å². The maximum absolute atomic E-state index is 5.59. The highest BCUT2D eigenvalue weighted by Gasteiger charge is 2.16. The maximum Gasteiger partial charge on any atom is 0.122 e. The van der Waals surface area contributed by atoms with Crippen LogP contribution in [0.15, 0.2) is 36.4 Å². The van der Waals surface area contributed by atoms with Crippen LogP contribution in [-0.2, 0) is 12.8 Å². The lowest BCUT2D eigenvalue weighted by atomic mass is 9.95. The van der Waals surface area contributed by atoms with E-state index in [0.29, 0.717) is 6.04 Å². The van der Waals surface area contributed by atoms with E-state index in [1.807, 2.05) is 7.05 Å². The zero-order valence-electron chi connectivity index (χ0n) is 13.1. The Bertz CT molecular complexity index is 648. The molecule has 1 aliphatic rings. The summed E-state index contributed by atoms with van der Waals surface area (Å²) in [5.74, 6) is 1.06. The molecule has 3 rings (SSSR count). The van der Waals surface area contributed by atoms with Crippen molar-refractivity contribution in [2.24, 2.45) is 0 Å². The number of aryl methyl sites for hydroxylation is 2. The van der Waals surface area contributed by atoms with Crippen molar-refractivity contribution in [3.63, 3.8) is 0 Å². The second kappa shape index (κ2) is 5.90. The number of rotatable bonds is 4. The van der Waals surface area contributed by atoms with Crippen molar-refractivity contribution in [1.82, 2.24) is 5.32 Å². The molecule has 0 saturated heterocycles. The minimum Gasteiger partial charge on any atom is -0.493 e. The van der Waals surface area contributed by atoms with E-state index < -0.39 is 0 Å². The van der Waals surface area contributed by atoms with Gasteiger partial charge < -0.3 is 10.1 Å². The van der Waals surface area contributed by atoms with Crippen molar-refractivity contribution in [3.8, 4) is 5.75 Å². The summed E-state index contributed by atoms with van der Waals surface area (Å²) in [5, 5.41) is 3.45. The van der Waals surface area contributed by atoms with E-state index in [1.165, 1.54) is 27.8 Å². The Labute approximate surface area is 127 Å². The fourth-order valence-electron chi connectivity index (χ4n) is 2.98. The van der Waals surface area contributed by atoms with Gasteiger partial charge in [0.2, 0.25) is 0 Å². The van der Waals surface area contributed by atoms with Crippen LogP contribution in [0.25, 0.3) is 0 Å². The third kappa shape index (κ3) is 2.96. The second-order valence-electron chi connectivity index (χ2n) is 5.93. The van der Waals surface area contributed by atoms with Gasteiger partial charge in [-0.3, -0.25) is 0 Å². The highest BCUT2D eigenvalue weighted by Crippen LogP contribution is 2.29. The predicted molar refractivity (Wildman–Crippen MR) is 87.1 cm³/mol. The van der Waals surface area contributed by atoms with Crippen LogP contribution >= 0.6 is 0 Å². The summed E-state index contributed by atoms with van der Waals surface area (Å²) in [7, 11) is 2.04. The number of likely N-dealkylation sites (N-methyl/N-ethyl adjacent to an activating group) is 1. The molecule has 2 aromatic carbocycles. The van der Waals surface area contributed by atoms with Crippen LogP contribution in [0.3, 0.4) is 0 Å². The van der Waals surface area contributed by atoms with E-state index in [4.69, 9.17) is 4.74 Å². The third-order valence-corrected chi connectivity index (χ3v) is 4.48. The van der Waals surface area contributed by atoms with Crippen LogP contribution < -0.4 is 10.1 Å². The molecule has 0 fully saturated rings. The lowest BCUT2D eigenvalue weighted by molar-refractivity contribution is 0.356. The molecule has 1 heterocycles. The maximum atomic E-state index is 5.59. The van der Waals surface area contributed by atoms with Crippen LogP contribution in [0, 0.1) is 13.8 Å². The molecular weight excluding hydrogens is 258 g/mol. The average molecular weight is 281 g/mol. The first-order chi connectivity index (χ1) is 10.2. The third-order valence-electron chi connectivity index (χ3n) is 4.48. The zero-order chi connectivity index (χ0) is 14.8. The van der Waals surface area contributed by atoms with Crippen LogP contribution in [0.4, 0.5) is 0 Å². The highest BCUT2D eigenvalue weighted by atomic mass is 16.5. The number of ether oxygens (including phenoxy) is 1. The van der Waals surface area contributed by atoms with Gasteiger partial charge in [-0.2, -0.15) is 0 Å². The van der Waals surface area contributed by atoms with Gasteiger partial charge in [0.15, 0.2) is 0 Å². The fourth-order valence-corrected chi connectivity index (χ4v) is 2.98. The van der Waals surface area contributed by atoms with Crippen LogP contribution in [0.2, 0.25) is 0 Å². The monoisotopic (exact) mass is 281 g/mol. The van der Waals surface area contributed by atoms with Gasteiger partial charge >= 0.3 is 0 Å². The lowest BCUT2D eigenvalue weighted by Gasteiger charge is -2.18. The van der Waals surface area contributed by atoms with Gasteiger partial charge in [-0.05, 0) is 61.2 Å². The molecule has 1 unspecified atom stereocenters. The molecule has 0 bridgehead atoms. The Balaban J connectivity index is 1.83. The van der Waals surface area contributed by atoms with Gasteiger partial charge in [0.05, 0.1) is 6.61 Å².